The number of hydrogen-bond acceptors (Lipinski definition) is 7. The number of anilines is 2. The van der Waals surface area contributed by atoms with Gasteiger partial charge in [-0.1, -0.05) is 0 Å². The van der Waals surface area contributed by atoms with Gasteiger partial charge in [0.15, 0.2) is 0 Å². The van der Waals surface area contributed by atoms with Crippen LogP contribution in [0.1, 0.15) is 19.8 Å². The fourth-order valence-corrected chi connectivity index (χ4v) is 2.22. The molecule has 20 heavy (non-hydrogen) atoms. The van der Waals surface area contributed by atoms with E-state index in [1.54, 1.807) is 7.05 Å². The van der Waals surface area contributed by atoms with Crippen LogP contribution in [-0.2, 0) is 0 Å². The fraction of sp³-hybridized carbons (Fsp3) is 0.769. The minimum absolute atomic E-state index is 0.370. The first-order valence-corrected chi connectivity index (χ1v) is 7.23. The van der Waals surface area contributed by atoms with Gasteiger partial charge in [-0.15, -0.1) is 0 Å². The Morgan fingerprint density at radius 2 is 2.00 bits per heavy atom. The Kier molecular flexibility index (Phi) is 5.34. The third-order valence-corrected chi connectivity index (χ3v) is 3.39. The molecular formula is C13H24N6O. The van der Waals surface area contributed by atoms with Crippen LogP contribution in [0.5, 0.6) is 6.01 Å². The monoisotopic (exact) mass is 280 g/mol. The van der Waals surface area contributed by atoms with Crippen LogP contribution in [0.2, 0.25) is 0 Å². The van der Waals surface area contributed by atoms with E-state index in [0.29, 0.717) is 24.5 Å². The van der Waals surface area contributed by atoms with E-state index in [-0.39, 0.29) is 0 Å². The molecule has 1 aliphatic rings. The lowest BCUT2D eigenvalue weighted by Crippen LogP contribution is -2.32. The highest BCUT2D eigenvalue weighted by Gasteiger charge is 2.14. The average molecular weight is 280 g/mol. The van der Waals surface area contributed by atoms with E-state index in [1.807, 2.05) is 18.9 Å². The van der Waals surface area contributed by atoms with Crippen LogP contribution >= 0.6 is 0 Å². The summed E-state index contributed by atoms with van der Waals surface area (Å²) in [6, 6.07) is 0.370. The molecule has 0 amide bonds. The van der Waals surface area contributed by atoms with Gasteiger partial charge in [0.05, 0.1) is 6.61 Å². The summed E-state index contributed by atoms with van der Waals surface area (Å²) in [5.74, 6) is 1.18. The third-order valence-electron chi connectivity index (χ3n) is 3.39. The first-order chi connectivity index (χ1) is 9.72. The molecule has 1 aliphatic heterocycles. The van der Waals surface area contributed by atoms with E-state index >= 15 is 0 Å². The van der Waals surface area contributed by atoms with Gasteiger partial charge in [0.1, 0.15) is 0 Å². The number of hydrogen-bond donors (Lipinski definition) is 1. The summed E-state index contributed by atoms with van der Waals surface area (Å²) in [6.07, 6.45) is 2.63. The smallest absolute Gasteiger partial charge is 0.323 e. The van der Waals surface area contributed by atoms with Gasteiger partial charge in [-0.05, 0) is 32.9 Å². The number of nitrogens with zero attached hydrogens (tertiary/aromatic N) is 5. The summed E-state index contributed by atoms with van der Waals surface area (Å²) in [4.78, 5) is 17.4. The Bertz CT molecular complexity index is 421. The molecule has 0 saturated carbocycles. The maximum absolute atomic E-state index is 5.38. The second-order valence-corrected chi connectivity index (χ2v) is 4.89. The maximum Gasteiger partial charge on any atom is 0.323 e. The Hall–Kier alpha value is -1.63. The summed E-state index contributed by atoms with van der Waals surface area (Å²) in [6.45, 7) is 6.82. The zero-order valence-electron chi connectivity index (χ0n) is 12.6. The number of aromatic nitrogens is 3. The lowest BCUT2D eigenvalue weighted by atomic mass is 10.4. The van der Waals surface area contributed by atoms with E-state index < -0.39 is 0 Å². The van der Waals surface area contributed by atoms with Crippen LogP contribution in [0.15, 0.2) is 0 Å². The minimum Gasteiger partial charge on any atom is -0.464 e. The number of rotatable bonds is 7. The van der Waals surface area contributed by atoms with Gasteiger partial charge >= 0.3 is 6.01 Å². The zero-order valence-corrected chi connectivity index (χ0v) is 12.6. The van der Waals surface area contributed by atoms with Crippen molar-refractivity contribution >= 4 is 11.9 Å². The number of likely N-dealkylation sites (N-methyl/N-ethyl adjacent to an activating group) is 1. The summed E-state index contributed by atoms with van der Waals surface area (Å²) < 4.78 is 5.38. The van der Waals surface area contributed by atoms with Crippen LogP contribution in [-0.4, -0.2) is 66.7 Å². The van der Waals surface area contributed by atoms with Crippen molar-refractivity contribution in [3.63, 3.8) is 0 Å². The van der Waals surface area contributed by atoms with Gasteiger partial charge in [-0.2, -0.15) is 15.0 Å². The molecule has 0 aromatic carbocycles. The highest BCUT2D eigenvalue weighted by atomic mass is 16.5. The van der Waals surface area contributed by atoms with Gasteiger partial charge < -0.3 is 19.9 Å². The maximum atomic E-state index is 5.38. The van der Waals surface area contributed by atoms with Crippen molar-refractivity contribution in [2.45, 2.75) is 19.8 Å². The van der Waals surface area contributed by atoms with Gasteiger partial charge in [-0.3, -0.25) is 0 Å². The summed E-state index contributed by atoms with van der Waals surface area (Å²) in [5, 5.41) is 2.94. The first-order valence-electron chi connectivity index (χ1n) is 7.23. The summed E-state index contributed by atoms with van der Waals surface area (Å²) in [5.41, 5.74) is 0. The average Bonchev–Trinajstić information content (AvgIpc) is 2.98. The molecule has 2 heterocycles. The number of nitrogens with one attached hydrogen (secondary N) is 1. The van der Waals surface area contributed by atoms with Crippen molar-refractivity contribution in [1.29, 1.82) is 0 Å². The fourth-order valence-electron chi connectivity index (χ4n) is 2.22. The molecule has 0 spiro atoms. The molecule has 112 valence electrons. The van der Waals surface area contributed by atoms with E-state index in [0.717, 1.165) is 13.1 Å². The first kappa shape index (κ1) is 14.8. The van der Waals surface area contributed by atoms with E-state index in [9.17, 15) is 0 Å². The summed E-state index contributed by atoms with van der Waals surface area (Å²) in [7, 11) is 3.79. The second-order valence-electron chi connectivity index (χ2n) is 4.89. The van der Waals surface area contributed by atoms with Crippen molar-refractivity contribution in [3.8, 4) is 6.01 Å². The second kappa shape index (κ2) is 7.23. The zero-order chi connectivity index (χ0) is 14.4. The van der Waals surface area contributed by atoms with Crippen LogP contribution in [0, 0.1) is 0 Å². The largest absolute Gasteiger partial charge is 0.464 e. The van der Waals surface area contributed by atoms with Crippen molar-refractivity contribution in [2.24, 2.45) is 0 Å². The van der Waals surface area contributed by atoms with E-state index in [4.69, 9.17) is 4.74 Å². The molecule has 1 aromatic heterocycles. The number of ether oxygens (including phenoxy) is 1. The highest BCUT2D eigenvalue weighted by molar-refractivity contribution is 5.37. The van der Waals surface area contributed by atoms with Crippen molar-refractivity contribution in [2.75, 3.05) is 57.1 Å². The van der Waals surface area contributed by atoms with Gasteiger partial charge in [0, 0.05) is 27.2 Å². The van der Waals surface area contributed by atoms with Gasteiger partial charge in [0.2, 0.25) is 11.9 Å². The van der Waals surface area contributed by atoms with Gasteiger partial charge in [-0.25, -0.2) is 0 Å². The Balaban J connectivity index is 1.99. The Morgan fingerprint density at radius 1 is 1.25 bits per heavy atom. The normalized spacial score (nSPS) is 15.3. The molecule has 7 nitrogen and oxygen atoms in total. The lowest BCUT2D eigenvalue weighted by molar-refractivity contribution is 0.311. The van der Waals surface area contributed by atoms with Crippen molar-refractivity contribution in [3.05, 3.63) is 0 Å². The lowest BCUT2D eigenvalue weighted by Gasteiger charge is -2.21. The molecule has 1 N–H and O–H groups in total. The molecule has 1 aromatic rings. The van der Waals surface area contributed by atoms with Crippen LogP contribution in [0.3, 0.4) is 0 Å². The predicted octanol–water partition coefficient (Wildman–Crippen LogP) is 0.844. The van der Waals surface area contributed by atoms with Gasteiger partial charge in [0.25, 0.3) is 0 Å². The molecular weight excluding hydrogens is 256 g/mol. The van der Waals surface area contributed by atoms with E-state index in [1.165, 1.54) is 25.9 Å². The Labute approximate surface area is 120 Å². The minimum atomic E-state index is 0.370. The predicted molar refractivity (Wildman–Crippen MR) is 79.5 cm³/mol. The van der Waals surface area contributed by atoms with E-state index in [2.05, 4.69) is 25.2 Å². The molecule has 0 bridgehead atoms. The summed E-state index contributed by atoms with van der Waals surface area (Å²) >= 11 is 0. The van der Waals surface area contributed by atoms with Crippen LogP contribution < -0.4 is 15.0 Å². The molecule has 1 saturated heterocycles. The molecule has 0 aliphatic carbocycles. The van der Waals surface area contributed by atoms with Crippen LogP contribution in [0.4, 0.5) is 11.9 Å². The standard InChI is InChI=1S/C13H24N6O/c1-4-20-13-16-11(14-2)15-12(17-13)18(3)9-10-19-7-5-6-8-19/h4-10H2,1-3H3,(H,14,15,16,17). The van der Waals surface area contributed by atoms with Crippen molar-refractivity contribution in [1.82, 2.24) is 19.9 Å². The van der Waals surface area contributed by atoms with Crippen molar-refractivity contribution < 1.29 is 4.74 Å². The molecule has 0 atom stereocenters. The molecule has 2 rings (SSSR count). The highest BCUT2D eigenvalue weighted by Crippen LogP contribution is 2.14. The third kappa shape index (κ3) is 3.93. The van der Waals surface area contributed by atoms with Crippen LogP contribution in [0.25, 0.3) is 0 Å². The molecule has 0 radical (unpaired) electrons. The Morgan fingerprint density at radius 3 is 2.65 bits per heavy atom. The number of likely N-dealkylation sites (tertiary alicyclic amines) is 1. The molecule has 0 unspecified atom stereocenters. The topological polar surface area (TPSA) is 66.4 Å². The SMILES string of the molecule is CCOc1nc(NC)nc(N(C)CCN2CCCC2)n1. The quantitative estimate of drug-likeness (QED) is 0.794. The molecule has 1 fully saturated rings. The molecule has 7 heteroatoms.